The van der Waals surface area contributed by atoms with Crippen molar-refractivity contribution in [3.63, 3.8) is 0 Å². The van der Waals surface area contributed by atoms with Crippen LogP contribution in [0.15, 0.2) is 239 Å². The lowest BCUT2D eigenvalue weighted by Gasteiger charge is -2.26. The van der Waals surface area contributed by atoms with Crippen LogP contribution in [-0.2, 0) is 0 Å². The fourth-order valence-electron chi connectivity index (χ4n) is 8.81. The molecule has 298 valence electrons. The molecule has 9 aromatic carbocycles. The molecule has 0 radical (unpaired) electrons. The van der Waals surface area contributed by atoms with Gasteiger partial charge in [0.1, 0.15) is 22.3 Å². The van der Waals surface area contributed by atoms with Crippen LogP contribution >= 0.6 is 11.3 Å². The summed E-state index contributed by atoms with van der Waals surface area (Å²) >= 11 is 1.82. The second-order valence-corrected chi connectivity index (χ2v) is 16.8. The molecule has 5 heteroatoms. The third kappa shape index (κ3) is 6.72. The first kappa shape index (κ1) is 36.7. The molecule has 12 aromatic rings. The fraction of sp³-hybridized carbons (Fsp3) is 0. The Bertz CT molecular complexity index is 3550. The van der Waals surface area contributed by atoms with Crippen molar-refractivity contribution in [2.45, 2.75) is 0 Å². The van der Waals surface area contributed by atoms with E-state index in [1.165, 1.54) is 20.9 Å². The van der Waals surface area contributed by atoms with Crippen LogP contribution in [0.1, 0.15) is 0 Å². The number of anilines is 6. The molecule has 3 aromatic heterocycles. The van der Waals surface area contributed by atoms with E-state index in [0.717, 1.165) is 89.1 Å². The first-order valence-electron chi connectivity index (χ1n) is 21.1. The van der Waals surface area contributed by atoms with E-state index < -0.39 is 0 Å². The molecule has 0 saturated heterocycles. The second kappa shape index (κ2) is 15.4. The molecular weight excluding hydrogens is 789 g/mol. The molecule has 0 unspecified atom stereocenters. The molecular formula is C58H38N2O2S. The lowest BCUT2D eigenvalue weighted by atomic mass is 10.0. The zero-order valence-corrected chi connectivity index (χ0v) is 34.9. The van der Waals surface area contributed by atoms with E-state index in [4.69, 9.17) is 8.83 Å². The zero-order valence-electron chi connectivity index (χ0n) is 34.1. The van der Waals surface area contributed by atoms with Crippen molar-refractivity contribution in [3.8, 4) is 32.0 Å². The van der Waals surface area contributed by atoms with Crippen LogP contribution in [0.25, 0.3) is 75.9 Å². The van der Waals surface area contributed by atoms with Crippen molar-refractivity contribution in [2.24, 2.45) is 0 Å². The number of hydrogen-bond donors (Lipinski definition) is 0. The highest BCUT2D eigenvalue weighted by molar-refractivity contribution is 7.18. The number of rotatable bonds is 9. The van der Waals surface area contributed by atoms with Crippen molar-refractivity contribution in [2.75, 3.05) is 9.80 Å². The highest BCUT2D eigenvalue weighted by Crippen LogP contribution is 2.43. The minimum Gasteiger partial charge on any atom is -0.456 e. The summed E-state index contributed by atoms with van der Waals surface area (Å²) in [6.07, 6.45) is 0. The number of hydrogen-bond acceptors (Lipinski definition) is 5. The van der Waals surface area contributed by atoms with Gasteiger partial charge in [-0.05, 0) is 131 Å². The van der Waals surface area contributed by atoms with Crippen molar-refractivity contribution in [1.82, 2.24) is 0 Å². The standard InChI is InChI=1S/C58H38N2O2S/c1-3-11-41(12-4-1)57-35-36-58(63-57)42-23-29-46(30-24-42)60(48-32-34-56-52(38-48)50-16-8-10-18-54(50)62-56)45-27-21-40(22-28-45)39-19-25-44(26-20-39)59(43-13-5-2-6-14-43)47-31-33-55-51(37-47)49-15-7-9-17-53(49)61-55/h1-38H. The van der Waals surface area contributed by atoms with E-state index in [0.29, 0.717) is 0 Å². The molecule has 0 saturated carbocycles. The molecule has 63 heavy (non-hydrogen) atoms. The SMILES string of the molecule is c1ccc(-c2ccc(-c3ccc(N(c4ccc(-c5ccc(N(c6ccccc6)c6ccc7oc8ccccc8c7c6)cc5)cc4)c4ccc5oc6ccccc6c5c4)cc3)s2)cc1. The van der Waals surface area contributed by atoms with Crippen molar-refractivity contribution in [1.29, 1.82) is 0 Å². The smallest absolute Gasteiger partial charge is 0.135 e. The quantitative estimate of drug-likeness (QED) is 0.145. The molecule has 3 heterocycles. The Kier molecular flexibility index (Phi) is 8.98. The summed E-state index contributed by atoms with van der Waals surface area (Å²) in [5.41, 5.74) is 14.7. The van der Waals surface area contributed by atoms with E-state index in [9.17, 15) is 0 Å². The average molecular weight is 827 g/mol. The summed E-state index contributed by atoms with van der Waals surface area (Å²) in [5.74, 6) is 0. The molecule has 0 N–H and O–H groups in total. The van der Waals surface area contributed by atoms with Gasteiger partial charge < -0.3 is 18.6 Å². The summed E-state index contributed by atoms with van der Waals surface area (Å²) in [6.45, 7) is 0. The van der Waals surface area contributed by atoms with Gasteiger partial charge in [0.05, 0.1) is 0 Å². The van der Waals surface area contributed by atoms with Crippen molar-refractivity contribution < 1.29 is 8.83 Å². The van der Waals surface area contributed by atoms with Crippen LogP contribution in [0, 0.1) is 0 Å². The number of nitrogens with zero attached hydrogens (tertiary/aromatic N) is 2. The molecule has 0 bridgehead atoms. The minimum absolute atomic E-state index is 0.877. The zero-order chi connectivity index (χ0) is 41.7. The first-order valence-corrected chi connectivity index (χ1v) is 22.0. The van der Waals surface area contributed by atoms with Gasteiger partial charge in [-0.1, -0.05) is 121 Å². The third-order valence-corrected chi connectivity index (χ3v) is 13.1. The minimum atomic E-state index is 0.877. The van der Waals surface area contributed by atoms with Crippen LogP contribution in [0.2, 0.25) is 0 Å². The van der Waals surface area contributed by atoms with Crippen LogP contribution in [-0.4, -0.2) is 0 Å². The van der Waals surface area contributed by atoms with Crippen LogP contribution in [0.3, 0.4) is 0 Å². The molecule has 12 rings (SSSR count). The predicted octanol–water partition coefficient (Wildman–Crippen LogP) is 17.5. The number of fused-ring (bicyclic) bond motifs is 6. The number of furan rings is 2. The van der Waals surface area contributed by atoms with Gasteiger partial charge in [-0.3, -0.25) is 0 Å². The van der Waals surface area contributed by atoms with E-state index >= 15 is 0 Å². The summed E-state index contributed by atoms with van der Waals surface area (Å²) in [5, 5.41) is 4.42. The van der Waals surface area contributed by atoms with Gasteiger partial charge in [0, 0.05) is 65.4 Å². The maximum atomic E-state index is 6.24. The number of benzene rings is 9. The lowest BCUT2D eigenvalue weighted by molar-refractivity contribution is 0.668. The largest absolute Gasteiger partial charge is 0.456 e. The van der Waals surface area contributed by atoms with Crippen molar-refractivity contribution >= 4 is 89.3 Å². The normalized spacial score (nSPS) is 11.5. The van der Waals surface area contributed by atoms with Gasteiger partial charge >= 0.3 is 0 Å². The van der Waals surface area contributed by atoms with Gasteiger partial charge in [0.15, 0.2) is 0 Å². The monoisotopic (exact) mass is 826 g/mol. The van der Waals surface area contributed by atoms with E-state index in [1.54, 1.807) is 0 Å². The topological polar surface area (TPSA) is 32.8 Å². The Morgan fingerprint density at radius 1 is 0.254 bits per heavy atom. The maximum absolute atomic E-state index is 6.24. The lowest BCUT2D eigenvalue weighted by Crippen LogP contribution is -2.10. The molecule has 0 aliphatic heterocycles. The fourth-order valence-corrected chi connectivity index (χ4v) is 9.83. The molecule has 0 atom stereocenters. The van der Waals surface area contributed by atoms with Crippen LogP contribution in [0.4, 0.5) is 34.1 Å². The predicted molar refractivity (Wildman–Crippen MR) is 265 cm³/mol. The van der Waals surface area contributed by atoms with E-state index in [1.807, 2.05) is 35.6 Å². The third-order valence-electron chi connectivity index (χ3n) is 11.9. The highest BCUT2D eigenvalue weighted by atomic mass is 32.1. The van der Waals surface area contributed by atoms with Crippen molar-refractivity contribution in [3.05, 3.63) is 231 Å². The molecule has 4 nitrogen and oxygen atoms in total. The van der Waals surface area contributed by atoms with E-state index in [2.05, 4.69) is 216 Å². The molecule has 0 aliphatic carbocycles. The molecule has 0 spiro atoms. The van der Waals surface area contributed by atoms with Gasteiger partial charge in [-0.2, -0.15) is 0 Å². The van der Waals surface area contributed by atoms with Crippen LogP contribution < -0.4 is 9.80 Å². The van der Waals surface area contributed by atoms with E-state index in [-0.39, 0.29) is 0 Å². The van der Waals surface area contributed by atoms with Gasteiger partial charge in [0.2, 0.25) is 0 Å². The Morgan fingerprint density at radius 3 is 1.08 bits per heavy atom. The summed E-state index contributed by atoms with van der Waals surface area (Å²) in [7, 11) is 0. The highest BCUT2D eigenvalue weighted by Gasteiger charge is 2.18. The molecule has 0 fully saturated rings. The Balaban J connectivity index is 0.887. The van der Waals surface area contributed by atoms with Gasteiger partial charge in [0.25, 0.3) is 0 Å². The van der Waals surface area contributed by atoms with Gasteiger partial charge in [-0.25, -0.2) is 0 Å². The number of para-hydroxylation sites is 3. The van der Waals surface area contributed by atoms with Gasteiger partial charge in [-0.15, -0.1) is 11.3 Å². The average Bonchev–Trinajstić information content (AvgIpc) is 4.09. The maximum Gasteiger partial charge on any atom is 0.135 e. The van der Waals surface area contributed by atoms with Crippen LogP contribution in [0.5, 0.6) is 0 Å². The summed E-state index contributed by atoms with van der Waals surface area (Å²) in [4.78, 5) is 7.15. The molecule has 0 aliphatic rings. The molecule has 0 amide bonds. The first-order chi connectivity index (χ1) is 31.2. The number of thiophene rings is 1. The Labute approximate surface area is 368 Å². The summed E-state index contributed by atoms with van der Waals surface area (Å²) in [6, 6.07) is 81.7. The summed E-state index contributed by atoms with van der Waals surface area (Å²) < 4.78 is 12.4. The Hall–Kier alpha value is -8.12. The second-order valence-electron chi connectivity index (χ2n) is 15.7. The Morgan fingerprint density at radius 2 is 0.603 bits per heavy atom.